The van der Waals surface area contributed by atoms with Crippen LogP contribution in [0.3, 0.4) is 0 Å². The first kappa shape index (κ1) is 19.5. The van der Waals surface area contributed by atoms with Crippen LogP contribution in [0.25, 0.3) is 0 Å². The Kier molecular flexibility index (Phi) is 8.19. The van der Waals surface area contributed by atoms with Crippen molar-refractivity contribution >= 4 is 17.6 Å². The van der Waals surface area contributed by atoms with Crippen molar-refractivity contribution in [2.24, 2.45) is 0 Å². The largest absolute Gasteiger partial charge is 0.464 e. The van der Waals surface area contributed by atoms with Crippen LogP contribution < -0.4 is 10.2 Å². The van der Waals surface area contributed by atoms with Gasteiger partial charge in [0.15, 0.2) is 0 Å². The summed E-state index contributed by atoms with van der Waals surface area (Å²) in [6.07, 6.45) is 1.46. The fourth-order valence-corrected chi connectivity index (χ4v) is 2.60. The lowest BCUT2D eigenvalue weighted by atomic mass is 10.2. The number of rotatable bonds is 10. The second-order valence-corrected chi connectivity index (χ2v) is 6.05. The molecule has 0 aliphatic rings. The molecular formula is C21H26N2O3. The van der Waals surface area contributed by atoms with Crippen molar-refractivity contribution < 1.29 is 14.3 Å². The summed E-state index contributed by atoms with van der Waals surface area (Å²) in [4.78, 5) is 25.2. The zero-order chi connectivity index (χ0) is 18.6. The first-order valence-electron chi connectivity index (χ1n) is 8.89. The number of anilines is 1. The minimum atomic E-state index is -0.246. The molecular weight excluding hydrogens is 328 g/mol. The van der Waals surface area contributed by atoms with Crippen LogP contribution in [0, 0.1) is 0 Å². The molecule has 1 amide bonds. The highest BCUT2D eigenvalue weighted by Gasteiger charge is 2.12. The molecule has 2 aromatic carbocycles. The average Bonchev–Trinajstić information content (AvgIpc) is 2.65. The Morgan fingerprint density at radius 1 is 1.00 bits per heavy atom. The number of carbonyl (C=O) groups is 2. The van der Waals surface area contributed by atoms with E-state index in [1.54, 1.807) is 0 Å². The Hall–Kier alpha value is -2.82. The number of amides is 1. The Morgan fingerprint density at radius 3 is 2.31 bits per heavy atom. The fraction of sp³-hybridized carbons (Fsp3) is 0.333. The summed E-state index contributed by atoms with van der Waals surface area (Å²) in [5, 5.41) is 2.78. The van der Waals surface area contributed by atoms with Gasteiger partial charge < -0.3 is 15.0 Å². The summed E-state index contributed by atoms with van der Waals surface area (Å²) in [6, 6.07) is 19.7. The summed E-state index contributed by atoms with van der Waals surface area (Å²) in [7, 11) is 0. The average molecular weight is 354 g/mol. The monoisotopic (exact) mass is 354 g/mol. The van der Waals surface area contributed by atoms with E-state index in [-0.39, 0.29) is 18.4 Å². The SMILES string of the molecule is CC(=O)NCCCN(CC(=O)OCCc1ccccc1)c1ccccc1. The standard InChI is InChI=1S/C21H26N2O3/c1-18(24)22-14-8-15-23(20-11-6-3-7-12-20)17-21(25)26-16-13-19-9-4-2-5-10-19/h2-7,9-12H,8,13-17H2,1H3,(H,22,24). The molecule has 0 aliphatic heterocycles. The first-order valence-corrected chi connectivity index (χ1v) is 8.89. The summed E-state index contributed by atoms with van der Waals surface area (Å²) in [5.41, 5.74) is 2.12. The number of benzene rings is 2. The lowest BCUT2D eigenvalue weighted by Gasteiger charge is -2.24. The van der Waals surface area contributed by atoms with E-state index in [0.717, 1.165) is 17.7 Å². The Morgan fingerprint density at radius 2 is 1.65 bits per heavy atom. The molecule has 0 unspecified atom stereocenters. The molecule has 138 valence electrons. The van der Waals surface area contributed by atoms with Crippen LogP contribution in [0.5, 0.6) is 0 Å². The van der Waals surface area contributed by atoms with Gasteiger partial charge in [-0.1, -0.05) is 48.5 Å². The van der Waals surface area contributed by atoms with Crippen LogP contribution in [0.15, 0.2) is 60.7 Å². The zero-order valence-electron chi connectivity index (χ0n) is 15.2. The van der Waals surface area contributed by atoms with Gasteiger partial charge in [0, 0.05) is 32.1 Å². The topological polar surface area (TPSA) is 58.6 Å². The van der Waals surface area contributed by atoms with Crippen molar-refractivity contribution in [1.29, 1.82) is 0 Å². The second kappa shape index (κ2) is 10.9. The third-order valence-corrected chi connectivity index (χ3v) is 3.92. The zero-order valence-corrected chi connectivity index (χ0v) is 15.2. The minimum absolute atomic E-state index is 0.0448. The van der Waals surface area contributed by atoms with E-state index in [4.69, 9.17) is 4.74 Å². The maximum absolute atomic E-state index is 12.2. The van der Waals surface area contributed by atoms with E-state index in [1.165, 1.54) is 6.92 Å². The van der Waals surface area contributed by atoms with E-state index in [1.807, 2.05) is 65.6 Å². The molecule has 26 heavy (non-hydrogen) atoms. The van der Waals surface area contributed by atoms with Gasteiger partial charge in [-0.25, -0.2) is 0 Å². The molecule has 0 atom stereocenters. The molecule has 0 aliphatic carbocycles. The molecule has 0 aromatic heterocycles. The number of nitrogens with one attached hydrogen (secondary N) is 1. The second-order valence-electron chi connectivity index (χ2n) is 6.05. The number of carbonyl (C=O) groups excluding carboxylic acids is 2. The molecule has 0 heterocycles. The smallest absolute Gasteiger partial charge is 0.325 e. The van der Waals surface area contributed by atoms with Crippen molar-refractivity contribution in [2.75, 3.05) is 31.1 Å². The van der Waals surface area contributed by atoms with E-state index in [9.17, 15) is 9.59 Å². The van der Waals surface area contributed by atoms with Crippen LogP contribution in [0.2, 0.25) is 0 Å². The van der Waals surface area contributed by atoms with Crippen molar-refractivity contribution in [3.63, 3.8) is 0 Å². The van der Waals surface area contributed by atoms with Gasteiger partial charge >= 0.3 is 5.97 Å². The molecule has 0 saturated heterocycles. The van der Waals surface area contributed by atoms with Crippen LogP contribution in [-0.4, -0.2) is 38.1 Å². The number of nitrogens with zero attached hydrogens (tertiary/aromatic N) is 1. The highest BCUT2D eigenvalue weighted by atomic mass is 16.5. The van der Waals surface area contributed by atoms with E-state index in [0.29, 0.717) is 26.1 Å². The predicted octanol–water partition coefficient (Wildman–Crippen LogP) is 2.81. The molecule has 5 nitrogen and oxygen atoms in total. The quantitative estimate of drug-likeness (QED) is 0.526. The van der Waals surface area contributed by atoms with Gasteiger partial charge in [-0.15, -0.1) is 0 Å². The van der Waals surface area contributed by atoms with Gasteiger partial charge in [0.2, 0.25) is 5.91 Å². The summed E-state index contributed by atoms with van der Waals surface area (Å²) in [5.74, 6) is -0.291. The molecule has 1 N–H and O–H groups in total. The fourth-order valence-electron chi connectivity index (χ4n) is 2.60. The normalized spacial score (nSPS) is 10.2. The highest BCUT2D eigenvalue weighted by molar-refractivity contribution is 5.76. The Balaban J connectivity index is 1.82. The van der Waals surface area contributed by atoms with Crippen molar-refractivity contribution in [1.82, 2.24) is 5.32 Å². The van der Waals surface area contributed by atoms with Crippen LogP contribution in [0.4, 0.5) is 5.69 Å². The van der Waals surface area contributed by atoms with Gasteiger partial charge in [0.25, 0.3) is 0 Å². The maximum atomic E-state index is 12.2. The molecule has 0 bridgehead atoms. The third kappa shape index (κ3) is 7.38. The third-order valence-electron chi connectivity index (χ3n) is 3.92. The summed E-state index contributed by atoms with van der Waals surface area (Å²) < 4.78 is 5.39. The van der Waals surface area contributed by atoms with E-state index < -0.39 is 0 Å². The number of esters is 1. The number of para-hydroxylation sites is 1. The van der Waals surface area contributed by atoms with Crippen molar-refractivity contribution in [3.8, 4) is 0 Å². The molecule has 2 rings (SSSR count). The van der Waals surface area contributed by atoms with Gasteiger partial charge in [-0.2, -0.15) is 0 Å². The summed E-state index contributed by atoms with van der Waals surface area (Å²) in [6.45, 7) is 3.31. The highest BCUT2D eigenvalue weighted by Crippen LogP contribution is 2.13. The van der Waals surface area contributed by atoms with Crippen molar-refractivity contribution in [3.05, 3.63) is 66.2 Å². The van der Waals surface area contributed by atoms with E-state index in [2.05, 4.69) is 5.32 Å². The predicted molar refractivity (Wildman–Crippen MR) is 103 cm³/mol. The molecule has 2 aromatic rings. The van der Waals surface area contributed by atoms with Gasteiger partial charge in [0.1, 0.15) is 6.54 Å². The minimum Gasteiger partial charge on any atom is -0.464 e. The lowest BCUT2D eigenvalue weighted by molar-refractivity contribution is -0.141. The Bertz CT molecular complexity index is 674. The number of hydrogen-bond acceptors (Lipinski definition) is 4. The van der Waals surface area contributed by atoms with Crippen LogP contribution >= 0.6 is 0 Å². The van der Waals surface area contributed by atoms with Gasteiger partial charge in [-0.05, 0) is 24.1 Å². The maximum Gasteiger partial charge on any atom is 0.325 e. The number of ether oxygens (including phenoxy) is 1. The first-order chi connectivity index (χ1) is 12.6. The molecule has 0 spiro atoms. The molecule has 0 fully saturated rings. The summed E-state index contributed by atoms with van der Waals surface area (Å²) >= 11 is 0. The number of hydrogen-bond donors (Lipinski definition) is 1. The van der Waals surface area contributed by atoms with E-state index >= 15 is 0 Å². The van der Waals surface area contributed by atoms with Crippen LogP contribution in [0.1, 0.15) is 18.9 Å². The van der Waals surface area contributed by atoms with Crippen LogP contribution in [-0.2, 0) is 20.7 Å². The van der Waals surface area contributed by atoms with Gasteiger partial charge in [-0.3, -0.25) is 9.59 Å². The van der Waals surface area contributed by atoms with Crippen molar-refractivity contribution in [2.45, 2.75) is 19.8 Å². The van der Waals surface area contributed by atoms with Gasteiger partial charge in [0.05, 0.1) is 6.61 Å². The molecule has 0 radical (unpaired) electrons. The lowest BCUT2D eigenvalue weighted by Crippen LogP contribution is -2.34. The molecule has 0 saturated carbocycles. The molecule has 5 heteroatoms. The Labute approximate surface area is 155 Å².